The van der Waals surface area contributed by atoms with Gasteiger partial charge in [0.2, 0.25) is 5.91 Å². The Hall–Kier alpha value is -6.87. The lowest BCUT2D eigenvalue weighted by atomic mass is 9.86. The van der Waals surface area contributed by atoms with Crippen LogP contribution in [0.3, 0.4) is 0 Å². The summed E-state index contributed by atoms with van der Waals surface area (Å²) in [5, 5.41) is 19.4. The minimum Gasteiger partial charge on any atom is -0.497 e. The normalized spacial score (nSPS) is 18.0. The fourth-order valence-electron chi connectivity index (χ4n) is 9.77. The molecule has 15 nitrogen and oxygen atoms in total. The molecule has 2 fully saturated rings. The predicted octanol–water partition coefficient (Wildman–Crippen LogP) is 3.87. The number of hydrogen-bond donors (Lipinski definition) is 3. The summed E-state index contributed by atoms with van der Waals surface area (Å²) in [5.74, 6) is 1.56. The number of rotatable bonds is 4. The van der Waals surface area contributed by atoms with Gasteiger partial charge < -0.3 is 30.3 Å². The first-order chi connectivity index (χ1) is 29.6. The molecule has 0 unspecified atom stereocenters. The van der Waals surface area contributed by atoms with Crippen LogP contribution >= 0.6 is 0 Å². The van der Waals surface area contributed by atoms with E-state index in [1.807, 2.05) is 70.3 Å². The number of pyridine rings is 2. The maximum absolute atomic E-state index is 13.1. The van der Waals surface area contributed by atoms with Gasteiger partial charge in [0, 0.05) is 78.9 Å². The fourth-order valence-corrected chi connectivity index (χ4v) is 9.77. The van der Waals surface area contributed by atoms with Crippen molar-refractivity contribution in [2.45, 2.75) is 56.8 Å². The van der Waals surface area contributed by atoms with Crippen LogP contribution in [0.25, 0.3) is 45.0 Å². The van der Waals surface area contributed by atoms with Crippen LogP contribution in [0.2, 0.25) is 0 Å². The Morgan fingerprint density at radius 3 is 1.52 bits per heavy atom. The standard InChI is InChI=1S/C24H23N5O3.C22H21N5O2/c1-14(30)28-11-24(12-28)13-29-22(23(31)26-24)18-8-5-16-10-25-20(9-19(16)21(18)27-29)15-3-6-17(32-2)7-4-15;1-29-15-5-2-13(3-6-15)18-8-17-14(9-24-18)4-7-16-19(17)26-27-12-22(10-23-11-22)25-21(28)20(16)27/h3-4,6-7,9-10H,5,8,11-13H2,1-2H3,(H,26,31);2-3,5-6,8-9,23H,4,7,10-12H2,1H3,(H,25,28). The average molecular weight is 817 g/mol. The third-order valence-corrected chi connectivity index (χ3v) is 13.1. The number of benzene rings is 2. The third-order valence-electron chi connectivity index (χ3n) is 13.1. The quantitative estimate of drug-likeness (QED) is 0.238. The molecular weight excluding hydrogens is 773 g/mol. The zero-order chi connectivity index (χ0) is 41.6. The van der Waals surface area contributed by atoms with Crippen LogP contribution in [-0.4, -0.2) is 104 Å². The van der Waals surface area contributed by atoms with E-state index in [0.717, 1.165) is 124 Å². The van der Waals surface area contributed by atoms with E-state index in [1.54, 1.807) is 26.0 Å². The molecule has 2 saturated heterocycles. The highest BCUT2D eigenvalue weighted by Gasteiger charge is 2.50. The number of nitrogens with one attached hydrogen (secondary N) is 3. The van der Waals surface area contributed by atoms with Gasteiger partial charge in [-0.25, -0.2) is 0 Å². The highest BCUT2D eigenvalue weighted by atomic mass is 16.5. The average Bonchev–Trinajstić information content (AvgIpc) is 3.84. The number of nitrogens with zero attached hydrogens (tertiary/aromatic N) is 7. The second-order valence-corrected chi connectivity index (χ2v) is 17.0. The van der Waals surface area contributed by atoms with E-state index in [1.165, 1.54) is 5.56 Å². The third kappa shape index (κ3) is 6.08. The topological polar surface area (TPSA) is 170 Å². The number of hydrogen-bond acceptors (Lipinski definition) is 10. The van der Waals surface area contributed by atoms with Crippen LogP contribution in [0.1, 0.15) is 50.2 Å². The summed E-state index contributed by atoms with van der Waals surface area (Å²) in [6.45, 7) is 5.51. The van der Waals surface area contributed by atoms with Gasteiger partial charge in [-0.2, -0.15) is 10.2 Å². The molecule has 6 aromatic rings. The molecule has 2 aliphatic carbocycles. The van der Waals surface area contributed by atoms with Crippen molar-refractivity contribution in [3.63, 3.8) is 0 Å². The first-order valence-corrected chi connectivity index (χ1v) is 20.7. The maximum Gasteiger partial charge on any atom is 0.270 e. The monoisotopic (exact) mass is 816 g/mol. The van der Waals surface area contributed by atoms with Crippen molar-refractivity contribution in [1.29, 1.82) is 0 Å². The van der Waals surface area contributed by atoms with Gasteiger partial charge in [-0.15, -0.1) is 0 Å². The molecule has 3 amide bonds. The number of carbonyl (C=O) groups excluding carboxylic acids is 3. The summed E-state index contributed by atoms with van der Waals surface area (Å²) in [4.78, 5) is 48.6. The molecular formula is C46H44N10O5. The van der Waals surface area contributed by atoms with E-state index in [9.17, 15) is 14.4 Å². The Kier molecular flexibility index (Phi) is 8.43. The highest BCUT2D eigenvalue weighted by Crippen LogP contribution is 2.40. The minimum atomic E-state index is -0.417. The highest BCUT2D eigenvalue weighted by molar-refractivity contribution is 5.99. The van der Waals surface area contributed by atoms with Crippen LogP contribution in [0.15, 0.2) is 73.1 Å². The van der Waals surface area contributed by atoms with Gasteiger partial charge in [-0.3, -0.25) is 33.7 Å². The number of methoxy groups -OCH3 is 2. The summed E-state index contributed by atoms with van der Waals surface area (Å²) in [6, 6.07) is 19.9. The van der Waals surface area contributed by atoms with E-state index < -0.39 is 5.54 Å². The smallest absolute Gasteiger partial charge is 0.270 e. The predicted molar refractivity (Wildman–Crippen MR) is 225 cm³/mol. The Labute approximate surface area is 351 Å². The van der Waals surface area contributed by atoms with Crippen LogP contribution < -0.4 is 25.4 Å². The molecule has 0 bridgehead atoms. The van der Waals surface area contributed by atoms with E-state index in [-0.39, 0.29) is 23.3 Å². The molecule has 8 heterocycles. The van der Waals surface area contributed by atoms with E-state index in [0.29, 0.717) is 25.3 Å². The van der Waals surface area contributed by atoms with Gasteiger partial charge in [0.15, 0.2) is 0 Å². The van der Waals surface area contributed by atoms with Gasteiger partial charge in [0.05, 0.1) is 61.2 Å². The van der Waals surface area contributed by atoms with Gasteiger partial charge in [0.1, 0.15) is 22.9 Å². The Morgan fingerprint density at radius 2 is 1.10 bits per heavy atom. The van der Waals surface area contributed by atoms with Crippen LogP contribution in [0.5, 0.6) is 11.5 Å². The molecule has 0 radical (unpaired) electrons. The van der Waals surface area contributed by atoms with E-state index in [2.05, 4.69) is 38.1 Å². The lowest BCUT2D eigenvalue weighted by Gasteiger charge is -2.51. The lowest BCUT2D eigenvalue weighted by molar-refractivity contribution is -0.138. The van der Waals surface area contributed by atoms with Gasteiger partial charge in [-0.1, -0.05) is 0 Å². The number of fused-ring (bicyclic) bond motifs is 10. The summed E-state index contributed by atoms with van der Waals surface area (Å²) in [7, 11) is 3.31. The van der Waals surface area contributed by atoms with Gasteiger partial charge in [0.25, 0.3) is 11.8 Å². The van der Waals surface area contributed by atoms with Crippen molar-refractivity contribution in [2.24, 2.45) is 0 Å². The Morgan fingerprint density at radius 1 is 0.639 bits per heavy atom. The summed E-state index contributed by atoms with van der Waals surface area (Å²) >= 11 is 0. The first kappa shape index (κ1) is 37.2. The van der Waals surface area contributed by atoms with Crippen molar-refractivity contribution in [3.8, 4) is 56.5 Å². The summed E-state index contributed by atoms with van der Waals surface area (Å²) in [6.07, 6.45) is 7.16. The van der Waals surface area contributed by atoms with E-state index in [4.69, 9.17) is 19.7 Å². The molecule has 61 heavy (non-hydrogen) atoms. The molecule has 3 N–H and O–H groups in total. The van der Waals surface area contributed by atoms with Crippen molar-refractivity contribution < 1.29 is 23.9 Å². The van der Waals surface area contributed by atoms with Crippen LogP contribution in [0, 0.1) is 0 Å². The van der Waals surface area contributed by atoms with E-state index >= 15 is 0 Å². The molecule has 6 aliphatic rings. The zero-order valence-corrected chi connectivity index (χ0v) is 34.2. The van der Waals surface area contributed by atoms with Crippen molar-refractivity contribution in [3.05, 3.63) is 107 Å². The van der Waals surface area contributed by atoms with Gasteiger partial charge >= 0.3 is 0 Å². The number of aryl methyl sites for hydroxylation is 2. The zero-order valence-electron chi connectivity index (χ0n) is 34.2. The van der Waals surface area contributed by atoms with Crippen LogP contribution in [0.4, 0.5) is 0 Å². The van der Waals surface area contributed by atoms with Crippen molar-refractivity contribution in [1.82, 2.24) is 50.4 Å². The summed E-state index contributed by atoms with van der Waals surface area (Å²) in [5.41, 5.74) is 12.9. The maximum atomic E-state index is 13.1. The lowest BCUT2D eigenvalue weighted by Crippen LogP contribution is -2.74. The molecule has 308 valence electrons. The minimum absolute atomic E-state index is 0.000570. The molecule has 4 aromatic heterocycles. The van der Waals surface area contributed by atoms with Gasteiger partial charge in [-0.05, 0) is 97.5 Å². The molecule has 15 heteroatoms. The number of likely N-dealkylation sites (tertiary alicyclic amines) is 1. The SMILES string of the molecule is COc1ccc(-c2cc3c(cn2)CCc2c-3nn3c2C(=O)NC2(CN(C(C)=O)C2)C3)cc1.COc1ccc(-c2cc3c(cn2)CCc2c-3nn3c2C(=O)NC2(CNC2)C3)cc1. The first-order valence-electron chi connectivity index (χ1n) is 20.7. The number of ether oxygens (including phenoxy) is 2. The molecule has 2 spiro atoms. The number of carbonyl (C=O) groups is 3. The number of aromatic nitrogens is 6. The summed E-state index contributed by atoms with van der Waals surface area (Å²) < 4.78 is 14.3. The molecule has 0 saturated carbocycles. The Balaban J connectivity index is 0.000000138. The second kappa shape index (κ2) is 13.8. The van der Waals surface area contributed by atoms with Crippen LogP contribution in [-0.2, 0) is 43.6 Å². The Bertz CT molecular complexity index is 2800. The molecule has 0 atom stereocenters. The molecule has 4 aliphatic heterocycles. The molecule has 2 aromatic carbocycles. The van der Waals surface area contributed by atoms with Crippen molar-refractivity contribution in [2.75, 3.05) is 40.4 Å². The fraction of sp³-hybridized carbons (Fsp3) is 0.326. The largest absolute Gasteiger partial charge is 0.497 e. The van der Waals surface area contributed by atoms with Crippen molar-refractivity contribution >= 4 is 17.7 Å². The number of amides is 3. The molecule has 12 rings (SSSR count). The second-order valence-electron chi connectivity index (χ2n) is 17.0.